The van der Waals surface area contributed by atoms with Gasteiger partial charge in [0.05, 0.1) is 0 Å². The van der Waals surface area contributed by atoms with Crippen LogP contribution in [0.5, 0.6) is 0 Å². The van der Waals surface area contributed by atoms with Crippen LogP contribution in [0.15, 0.2) is 18.2 Å². The Bertz CT molecular complexity index is 402. The van der Waals surface area contributed by atoms with E-state index in [1.807, 2.05) is 0 Å². The average molecular weight is 233 g/mol. The second kappa shape index (κ2) is 4.65. The molecule has 88 valence electrons. The minimum Gasteiger partial charge on any atom is -0.323 e. The van der Waals surface area contributed by atoms with Gasteiger partial charge in [0.1, 0.15) is 0 Å². The van der Waals surface area contributed by atoms with Gasteiger partial charge in [-0.1, -0.05) is 5.57 Å². The van der Waals surface area contributed by atoms with Crippen LogP contribution in [0.4, 0.5) is 17.6 Å². The summed E-state index contributed by atoms with van der Waals surface area (Å²) in [4.78, 5) is 0. The van der Waals surface area contributed by atoms with Crippen LogP contribution in [0.3, 0.4) is 0 Å². The number of nitrogens with two attached hydrogens (primary N) is 1. The molecule has 16 heavy (non-hydrogen) atoms. The molecule has 0 amide bonds. The first-order valence-electron chi connectivity index (χ1n) is 4.57. The van der Waals surface area contributed by atoms with E-state index in [0.29, 0.717) is 5.57 Å². The van der Waals surface area contributed by atoms with Gasteiger partial charge < -0.3 is 5.73 Å². The van der Waals surface area contributed by atoms with Crippen LogP contribution in [0.25, 0.3) is 0 Å². The molecule has 0 aliphatic heterocycles. The Hall–Kier alpha value is -1.36. The Labute approximate surface area is 90.6 Å². The molecule has 0 saturated carbocycles. The fourth-order valence-electron chi connectivity index (χ4n) is 1.39. The zero-order chi connectivity index (χ0) is 12.5. The topological polar surface area (TPSA) is 26.0 Å². The molecule has 0 aliphatic carbocycles. The summed E-state index contributed by atoms with van der Waals surface area (Å²) in [6, 6.07) is -0.996. The maximum Gasteiger partial charge on any atom is 0.166 e. The lowest BCUT2D eigenvalue weighted by atomic mass is 9.99. The van der Waals surface area contributed by atoms with E-state index in [1.54, 1.807) is 6.92 Å². The molecule has 1 aromatic rings. The summed E-state index contributed by atoms with van der Waals surface area (Å²) in [6.07, 6.45) is 0.0523. The normalized spacial score (nSPS) is 12.6. The molecule has 1 rings (SSSR count). The fourth-order valence-corrected chi connectivity index (χ4v) is 1.39. The molecular formula is C11H11F4N. The third-order valence-electron chi connectivity index (χ3n) is 2.08. The molecule has 0 unspecified atom stereocenters. The Kier molecular flexibility index (Phi) is 3.70. The van der Waals surface area contributed by atoms with Gasteiger partial charge in [-0.25, -0.2) is 17.6 Å². The van der Waals surface area contributed by atoms with Gasteiger partial charge in [-0.05, 0) is 13.3 Å². The van der Waals surface area contributed by atoms with E-state index in [1.165, 1.54) is 0 Å². The first kappa shape index (κ1) is 12.7. The van der Waals surface area contributed by atoms with E-state index in [2.05, 4.69) is 6.58 Å². The molecule has 0 aliphatic rings. The van der Waals surface area contributed by atoms with Gasteiger partial charge in [-0.3, -0.25) is 0 Å². The zero-order valence-corrected chi connectivity index (χ0v) is 8.66. The molecule has 0 heterocycles. The van der Waals surface area contributed by atoms with Gasteiger partial charge in [-0.2, -0.15) is 0 Å². The molecule has 0 aromatic heterocycles. The molecule has 0 spiro atoms. The SMILES string of the molecule is C=C(C)C[C@@H](N)c1c(F)c(F)cc(F)c1F. The smallest absolute Gasteiger partial charge is 0.166 e. The van der Waals surface area contributed by atoms with Crippen molar-refractivity contribution < 1.29 is 17.6 Å². The Morgan fingerprint density at radius 3 is 2.06 bits per heavy atom. The van der Waals surface area contributed by atoms with E-state index in [4.69, 9.17) is 5.73 Å². The third-order valence-corrected chi connectivity index (χ3v) is 2.08. The summed E-state index contributed by atoms with van der Waals surface area (Å²) in [5.74, 6) is -5.81. The lowest BCUT2D eigenvalue weighted by Gasteiger charge is -2.14. The van der Waals surface area contributed by atoms with Gasteiger partial charge in [0, 0.05) is 17.7 Å². The molecule has 0 fully saturated rings. The Balaban J connectivity index is 3.26. The molecule has 1 aromatic carbocycles. The van der Waals surface area contributed by atoms with Crippen LogP contribution in [0, 0.1) is 23.3 Å². The van der Waals surface area contributed by atoms with Crippen LogP contribution < -0.4 is 5.73 Å². The van der Waals surface area contributed by atoms with E-state index in [0.717, 1.165) is 0 Å². The van der Waals surface area contributed by atoms with Crippen molar-refractivity contribution in [1.29, 1.82) is 0 Å². The second-order valence-corrected chi connectivity index (χ2v) is 3.65. The highest BCUT2D eigenvalue weighted by molar-refractivity contribution is 5.26. The van der Waals surface area contributed by atoms with Crippen LogP contribution in [0.2, 0.25) is 0 Å². The van der Waals surface area contributed by atoms with Gasteiger partial charge in [0.15, 0.2) is 23.3 Å². The zero-order valence-electron chi connectivity index (χ0n) is 8.66. The molecule has 0 bridgehead atoms. The van der Waals surface area contributed by atoms with E-state index in [9.17, 15) is 17.6 Å². The van der Waals surface area contributed by atoms with Gasteiger partial charge in [0.25, 0.3) is 0 Å². The molecule has 0 saturated heterocycles. The maximum atomic E-state index is 13.3. The number of rotatable bonds is 3. The lowest BCUT2D eigenvalue weighted by Crippen LogP contribution is -2.16. The highest BCUT2D eigenvalue weighted by Crippen LogP contribution is 2.27. The molecule has 2 N–H and O–H groups in total. The van der Waals surface area contributed by atoms with Crippen molar-refractivity contribution in [3.05, 3.63) is 47.1 Å². The predicted octanol–water partition coefficient (Wildman–Crippen LogP) is 3.21. The molecule has 1 atom stereocenters. The quantitative estimate of drug-likeness (QED) is 0.484. The number of hydrogen-bond acceptors (Lipinski definition) is 1. The molecular weight excluding hydrogens is 222 g/mol. The van der Waals surface area contributed by atoms with Crippen molar-refractivity contribution in [2.45, 2.75) is 19.4 Å². The Morgan fingerprint density at radius 1 is 1.25 bits per heavy atom. The van der Waals surface area contributed by atoms with E-state index < -0.39 is 34.9 Å². The van der Waals surface area contributed by atoms with Gasteiger partial charge in [0.2, 0.25) is 0 Å². The average Bonchev–Trinajstić information content (AvgIpc) is 2.14. The summed E-state index contributed by atoms with van der Waals surface area (Å²) in [5, 5.41) is 0. The highest BCUT2D eigenvalue weighted by Gasteiger charge is 2.23. The van der Waals surface area contributed by atoms with Gasteiger partial charge in [-0.15, -0.1) is 6.58 Å². The van der Waals surface area contributed by atoms with Crippen molar-refractivity contribution in [1.82, 2.24) is 0 Å². The summed E-state index contributed by atoms with van der Waals surface area (Å²) < 4.78 is 52.2. The van der Waals surface area contributed by atoms with Crippen LogP contribution in [-0.2, 0) is 0 Å². The Morgan fingerprint density at radius 2 is 1.69 bits per heavy atom. The fraction of sp³-hybridized carbons (Fsp3) is 0.273. The lowest BCUT2D eigenvalue weighted by molar-refractivity contribution is 0.426. The summed E-state index contributed by atoms with van der Waals surface area (Å²) >= 11 is 0. The molecule has 1 nitrogen and oxygen atoms in total. The second-order valence-electron chi connectivity index (χ2n) is 3.65. The van der Waals surface area contributed by atoms with E-state index in [-0.39, 0.29) is 12.5 Å². The summed E-state index contributed by atoms with van der Waals surface area (Å²) in [6.45, 7) is 5.11. The first-order valence-corrected chi connectivity index (χ1v) is 4.57. The van der Waals surface area contributed by atoms with Crippen LogP contribution >= 0.6 is 0 Å². The summed E-state index contributed by atoms with van der Waals surface area (Å²) in [5.41, 5.74) is 5.25. The monoisotopic (exact) mass is 233 g/mol. The van der Waals surface area contributed by atoms with Gasteiger partial charge >= 0.3 is 0 Å². The highest BCUT2D eigenvalue weighted by atomic mass is 19.2. The molecule has 5 heteroatoms. The minimum atomic E-state index is -1.45. The number of halogens is 4. The predicted molar refractivity (Wildman–Crippen MR) is 52.6 cm³/mol. The van der Waals surface area contributed by atoms with E-state index >= 15 is 0 Å². The van der Waals surface area contributed by atoms with Crippen LogP contribution in [0.1, 0.15) is 24.9 Å². The largest absolute Gasteiger partial charge is 0.323 e. The van der Waals surface area contributed by atoms with Crippen LogP contribution in [-0.4, -0.2) is 0 Å². The number of hydrogen-bond donors (Lipinski definition) is 1. The minimum absolute atomic E-state index is 0.0523. The maximum absolute atomic E-state index is 13.3. The first-order chi connectivity index (χ1) is 7.34. The third kappa shape index (κ3) is 2.41. The van der Waals surface area contributed by atoms with Crippen molar-refractivity contribution in [3.63, 3.8) is 0 Å². The van der Waals surface area contributed by atoms with Crippen molar-refractivity contribution >= 4 is 0 Å². The standard InChI is InChI=1S/C11H11F4N/c1-5(2)3-8(16)9-10(14)6(12)4-7(13)11(9)15/h4,8H,1,3,16H2,2H3/t8-/m1/s1. The summed E-state index contributed by atoms with van der Waals surface area (Å²) in [7, 11) is 0. The van der Waals surface area contributed by atoms with Crippen molar-refractivity contribution in [2.24, 2.45) is 5.73 Å². The molecule has 0 radical (unpaired) electrons. The van der Waals surface area contributed by atoms with Crippen molar-refractivity contribution in [3.8, 4) is 0 Å². The van der Waals surface area contributed by atoms with Crippen molar-refractivity contribution in [2.75, 3.05) is 0 Å². The number of benzene rings is 1.